The number of nitrogens with zero attached hydrogens (tertiary/aromatic N) is 3. The molecule has 0 aliphatic carbocycles. The summed E-state index contributed by atoms with van der Waals surface area (Å²) in [6, 6.07) is 0.879. The predicted octanol–water partition coefficient (Wildman–Crippen LogP) is 1.08. The zero-order valence-corrected chi connectivity index (χ0v) is 11.9. The monoisotopic (exact) mass is 281 g/mol. The van der Waals surface area contributed by atoms with Crippen molar-refractivity contribution in [1.82, 2.24) is 14.8 Å². The van der Waals surface area contributed by atoms with Gasteiger partial charge in [0.2, 0.25) is 0 Å². The van der Waals surface area contributed by atoms with Gasteiger partial charge < -0.3 is 9.64 Å². The molecule has 1 aromatic heterocycles. The lowest BCUT2D eigenvalue weighted by molar-refractivity contribution is 0.0724. The van der Waals surface area contributed by atoms with Crippen LogP contribution in [-0.4, -0.2) is 66.1 Å². The van der Waals surface area contributed by atoms with E-state index in [0.29, 0.717) is 17.8 Å². The lowest BCUT2D eigenvalue weighted by Crippen LogP contribution is -2.40. The lowest BCUT2D eigenvalue weighted by Gasteiger charge is -2.25. The van der Waals surface area contributed by atoms with Crippen molar-refractivity contribution < 1.29 is 9.53 Å². The van der Waals surface area contributed by atoms with Gasteiger partial charge in [-0.2, -0.15) is 0 Å². The van der Waals surface area contributed by atoms with Gasteiger partial charge in [0.1, 0.15) is 5.69 Å². The maximum absolute atomic E-state index is 12.4. The fourth-order valence-electron chi connectivity index (χ4n) is 3.28. The number of thiazole rings is 1. The summed E-state index contributed by atoms with van der Waals surface area (Å²) >= 11 is 1.48. The van der Waals surface area contributed by atoms with Crippen LogP contribution >= 0.6 is 11.3 Å². The predicted molar refractivity (Wildman–Crippen MR) is 73.4 cm³/mol. The SMILES string of the molecule is COCCN1CCC2C1CCN2C(=O)c1cscn1. The number of carbonyl (C=O) groups excluding carboxylic acids is 1. The summed E-state index contributed by atoms with van der Waals surface area (Å²) in [4.78, 5) is 21.0. The minimum absolute atomic E-state index is 0.0994. The van der Waals surface area contributed by atoms with Gasteiger partial charge in [-0.1, -0.05) is 0 Å². The first-order valence-corrected chi connectivity index (χ1v) is 7.67. The molecule has 1 amide bonds. The molecule has 0 aromatic carbocycles. The molecule has 0 bridgehead atoms. The average molecular weight is 281 g/mol. The van der Waals surface area contributed by atoms with Crippen LogP contribution in [0.1, 0.15) is 23.3 Å². The maximum atomic E-state index is 12.4. The van der Waals surface area contributed by atoms with E-state index in [1.54, 1.807) is 12.6 Å². The molecule has 3 rings (SSSR count). The third-order valence-electron chi connectivity index (χ3n) is 4.19. The summed E-state index contributed by atoms with van der Waals surface area (Å²) in [5, 5.41) is 1.84. The highest BCUT2D eigenvalue weighted by atomic mass is 32.1. The Balaban J connectivity index is 1.66. The van der Waals surface area contributed by atoms with Crippen molar-refractivity contribution in [2.75, 3.05) is 33.4 Å². The van der Waals surface area contributed by atoms with Gasteiger partial charge in [0.25, 0.3) is 5.91 Å². The van der Waals surface area contributed by atoms with Gasteiger partial charge in [0.15, 0.2) is 0 Å². The number of amides is 1. The van der Waals surface area contributed by atoms with Gasteiger partial charge >= 0.3 is 0 Å². The number of methoxy groups -OCH3 is 1. The molecule has 3 heterocycles. The maximum Gasteiger partial charge on any atom is 0.273 e. The molecule has 2 fully saturated rings. The number of likely N-dealkylation sites (tertiary alicyclic amines) is 2. The minimum Gasteiger partial charge on any atom is -0.383 e. The quantitative estimate of drug-likeness (QED) is 0.828. The molecule has 2 saturated heterocycles. The zero-order valence-electron chi connectivity index (χ0n) is 11.1. The average Bonchev–Trinajstić information content (AvgIpc) is 3.13. The van der Waals surface area contributed by atoms with Gasteiger partial charge in [-0.15, -0.1) is 11.3 Å². The Hall–Kier alpha value is -0.980. The molecule has 0 saturated carbocycles. The molecule has 0 spiro atoms. The van der Waals surface area contributed by atoms with E-state index in [-0.39, 0.29) is 5.91 Å². The van der Waals surface area contributed by atoms with Crippen molar-refractivity contribution >= 4 is 17.2 Å². The first kappa shape index (κ1) is 13.0. The van der Waals surface area contributed by atoms with Crippen LogP contribution in [0.4, 0.5) is 0 Å². The Bertz CT molecular complexity index is 437. The Labute approximate surface area is 117 Å². The van der Waals surface area contributed by atoms with Crippen LogP contribution < -0.4 is 0 Å². The van der Waals surface area contributed by atoms with Crippen molar-refractivity contribution in [2.24, 2.45) is 0 Å². The van der Waals surface area contributed by atoms with Crippen LogP contribution in [-0.2, 0) is 4.74 Å². The van der Waals surface area contributed by atoms with Gasteiger partial charge in [-0.25, -0.2) is 4.98 Å². The molecule has 104 valence electrons. The molecular weight excluding hydrogens is 262 g/mol. The van der Waals surface area contributed by atoms with Gasteiger partial charge in [-0.3, -0.25) is 9.69 Å². The van der Waals surface area contributed by atoms with Crippen LogP contribution in [0.2, 0.25) is 0 Å². The lowest BCUT2D eigenvalue weighted by atomic mass is 10.1. The molecule has 19 heavy (non-hydrogen) atoms. The standard InChI is InChI=1S/C13H19N3O2S/c1-18-7-6-15-4-2-12-11(15)3-5-16(12)13(17)10-8-19-9-14-10/h8-9,11-12H,2-7H2,1H3. The molecule has 2 aliphatic heterocycles. The van der Waals surface area contributed by atoms with Crippen LogP contribution in [0.5, 0.6) is 0 Å². The van der Waals surface area contributed by atoms with Crippen LogP contribution in [0.25, 0.3) is 0 Å². The second-order valence-corrected chi connectivity index (χ2v) is 5.83. The van der Waals surface area contributed by atoms with Crippen molar-refractivity contribution in [3.63, 3.8) is 0 Å². The second-order valence-electron chi connectivity index (χ2n) is 5.11. The summed E-state index contributed by atoms with van der Waals surface area (Å²) < 4.78 is 5.15. The third kappa shape index (κ3) is 2.40. The van der Waals surface area contributed by atoms with Crippen LogP contribution in [0, 0.1) is 0 Å². The number of hydrogen-bond donors (Lipinski definition) is 0. The number of carbonyl (C=O) groups is 1. The number of rotatable bonds is 4. The van der Waals surface area contributed by atoms with E-state index in [1.165, 1.54) is 11.3 Å². The van der Waals surface area contributed by atoms with E-state index in [1.807, 2.05) is 10.3 Å². The highest BCUT2D eigenvalue weighted by Gasteiger charge is 2.44. The number of ether oxygens (including phenoxy) is 1. The number of fused-ring (bicyclic) bond motifs is 1. The fraction of sp³-hybridized carbons (Fsp3) is 0.692. The van der Waals surface area contributed by atoms with Crippen molar-refractivity contribution in [3.05, 3.63) is 16.6 Å². The molecule has 6 heteroatoms. The Morgan fingerprint density at radius 1 is 1.47 bits per heavy atom. The molecule has 2 unspecified atom stereocenters. The summed E-state index contributed by atoms with van der Waals surface area (Å²) in [7, 11) is 1.74. The highest BCUT2D eigenvalue weighted by Crippen LogP contribution is 2.32. The van der Waals surface area contributed by atoms with Crippen molar-refractivity contribution in [1.29, 1.82) is 0 Å². The first-order chi connectivity index (χ1) is 9.31. The molecule has 0 N–H and O–H groups in total. The molecule has 0 radical (unpaired) electrons. The summed E-state index contributed by atoms with van der Waals surface area (Å²) in [6.45, 7) is 3.66. The molecular formula is C13H19N3O2S. The van der Waals surface area contributed by atoms with Crippen LogP contribution in [0.3, 0.4) is 0 Å². The number of aromatic nitrogens is 1. The fourth-order valence-corrected chi connectivity index (χ4v) is 3.80. The highest BCUT2D eigenvalue weighted by molar-refractivity contribution is 7.07. The molecule has 2 aliphatic rings. The third-order valence-corrected chi connectivity index (χ3v) is 4.77. The zero-order chi connectivity index (χ0) is 13.2. The smallest absolute Gasteiger partial charge is 0.273 e. The van der Waals surface area contributed by atoms with Gasteiger partial charge in [0.05, 0.1) is 12.1 Å². The van der Waals surface area contributed by atoms with E-state index >= 15 is 0 Å². The van der Waals surface area contributed by atoms with E-state index in [4.69, 9.17) is 4.74 Å². The molecule has 5 nitrogen and oxygen atoms in total. The first-order valence-electron chi connectivity index (χ1n) is 6.73. The van der Waals surface area contributed by atoms with Crippen molar-refractivity contribution in [3.8, 4) is 0 Å². The summed E-state index contributed by atoms with van der Waals surface area (Å²) in [6.07, 6.45) is 2.15. The number of hydrogen-bond acceptors (Lipinski definition) is 5. The van der Waals surface area contributed by atoms with E-state index in [9.17, 15) is 4.79 Å². The normalized spacial score (nSPS) is 26.9. The molecule has 1 aromatic rings. The van der Waals surface area contributed by atoms with E-state index < -0.39 is 0 Å². The van der Waals surface area contributed by atoms with Crippen LogP contribution in [0.15, 0.2) is 10.9 Å². The van der Waals surface area contributed by atoms with E-state index in [2.05, 4.69) is 9.88 Å². The Morgan fingerprint density at radius 2 is 2.32 bits per heavy atom. The summed E-state index contributed by atoms with van der Waals surface area (Å²) in [5.74, 6) is 0.0994. The Kier molecular flexibility index (Phi) is 3.81. The van der Waals surface area contributed by atoms with Gasteiger partial charge in [-0.05, 0) is 12.8 Å². The van der Waals surface area contributed by atoms with Gasteiger partial charge in [0, 0.05) is 44.2 Å². The minimum atomic E-state index is 0.0994. The topological polar surface area (TPSA) is 45.7 Å². The second kappa shape index (κ2) is 5.56. The summed E-state index contributed by atoms with van der Waals surface area (Å²) in [5.41, 5.74) is 2.32. The Morgan fingerprint density at radius 3 is 3.05 bits per heavy atom. The largest absolute Gasteiger partial charge is 0.383 e. The van der Waals surface area contributed by atoms with Crippen molar-refractivity contribution in [2.45, 2.75) is 24.9 Å². The molecule has 2 atom stereocenters. The van der Waals surface area contributed by atoms with E-state index in [0.717, 1.165) is 39.1 Å².